The lowest BCUT2D eigenvalue weighted by atomic mass is 10.3. The van der Waals surface area contributed by atoms with Gasteiger partial charge in [0.1, 0.15) is 10.8 Å². The Balaban J connectivity index is 1.54. The Morgan fingerprint density at radius 1 is 1.44 bits per heavy atom. The van der Waals surface area contributed by atoms with Crippen molar-refractivity contribution in [3.05, 3.63) is 17.0 Å². The van der Waals surface area contributed by atoms with Gasteiger partial charge in [0.05, 0.1) is 11.8 Å². The van der Waals surface area contributed by atoms with Gasteiger partial charge in [0, 0.05) is 12.5 Å². The second-order valence-corrected chi connectivity index (χ2v) is 5.69. The fourth-order valence-corrected chi connectivity index (χ4v) is 2.74. The SMILES string of the molecule is Cc1oncc1-c1nnc(CCCNC2CC2)s1. The topological polar surface area (TPSA) is 63.8 Å². The number of nitrogens with one attached hydrogen (secondary N) is 1. The minimum Gasteiger partial charge on any atom is -0.361 e. The normalized spacial score (nSPS) is 15.2. The third kappa shape index (κ3) is 2.76. The van der Waals surface area contributed by atoms with Gasteiger partial charge in [0.2, 0.25) is 0 Å². The molecule has 1 aliphatic rings. The van der Waals surface area contributed by atoms with Gasteiger partial charge in [-0.1, -0.05) is 16.5 Å². The zero-order valence-electron chi connectivity index (χ0n) is 10.3. The largest absolute Gasteiger partial charge is 0.361 e. The Labute approximate surface area is 110 Å². The van der Waals surface area contributed by atoms with Gasteiger partial charge < -0.3 is 9.84 Å². The molecule has 0 saturated heterocycles. The van der Waals surface area contributed by atoms with Gasteiger partial charge >= 0.3 is 0 Å². The van der Waals surface area contributed by atoms with Crippen molar-refractivity contribution in [2.24, 2.45) is 0 Å². The van der Waals surface area contributed by atoms with Crippen LogP contribution < -0.4 is 5.32 Å². The molecule has 0 atom stereocenters. The molecule has 0 aliphatic heterocycles. The van der Waals surface area contributed by atoms with Gasteiger partial charge in [-0.3, -0.25) is 0 Å². The van der Waals surface area contributed by atoms with Gasteiger partial charge in [-0.25, -0.2) is 0 Å². The number of aromatic nitrogens is 3. The second-order valence-electron chi connectivity index (χ2n) is 4.63. The molecule has 0 radical (unpaired) electrons. The third-order valence-corrected chi connectivity index (χ3v) is 4.04. The maximum Gasteiger partial charge on any atom is 0.152 e. The van der Waals surface area contributed by atoms with E-state index in [0.29, 0.717) is 0 Å². The first kappa shape index (κ1) is 11.8. The van der Waals surface area contributed by atoms with E-state index in [4.69, 9.17) is 4.52 Å². The zero-order chi connectivity index (χ0) is 12.4. The van der Waals surface area contributed by atoms with E-state index in [1.54, 1.807) is 17.5 Å². The monoisotopic (exact) mass is 264 g/mol. The molecule has 1 fully saturated rings. The molecule has 5 nitrogen and oxygen atoms in total. The molecule has 3 rings (SSSR count). The number of hydrogen-bond donors (Lipinski definition) is 1. The van der Waals surface area contributed by atoms with Crippen molar-refractivity contribution in [3.8, 4) is 10.6 Å². The molecule has 2 aromatic rings. The summed E-state index contributed by atoms with van der Waals surface area (Å²) in [5.74, 6) is 0.799. The highest BCUT2D eigenvalue weighted by atomic mass is 32.1. The molecule has 0 aromatic carbocycles. The predicted octanol–water partition coefficient (Wildman–Crippen LogP) is 2.19. The summed E-state index contributed by atoms with van der Waals surface area (Å²) in [5.41, 5.74) is 0.954. The van der Waals surface area contributed by atoms with Gasteiger partial charge in [-0.15, -0.1) is 10.2 Å². The molecule has 2 aromatic heterocycles. The molecule has 0 bridgehead atoms. The van der Waals surface area contributed by atoms with Crippen LogP contribution in [0.5, 0.6) is 0 Å². The molecular formula is C12H16N4OS. The van der Waals surface area contributed by atoms with Gasteiger partial charge in [-0.2, -0.15) is 0 Å². The van der Waals surface area contributed by atoms with E-state index in [2.05, 4.69) is 20.7 Å². The fraction of sp³-hybridized carbons (Fsp3) is 0.583. The first-order chi connectivity index (χ1) is 8.83. The highest BCUT2D eigenvalue weighted by Crippen LogP contribution is 2.26. The van der Waals surface area contributed by atoms with Crippen LogP contribution in [0.3, 0.4) is 0 Å². The molecule has 1 aliphatic carbocycles. The maximum atomic E-state index is 5.04. The molecule has 0 amide bonds. The Hall–Kier alpha value is -1.27. The average Bonchev–Trinajstić information content (AvgIpc) is 2.90. The van der Waals surface area contributed by atoms with Gasteiger partial charge in [0.15, 0.2) is 5.01 Å². The minimum atomic E-state index is 0.787. The lowest BCUT2D eigenvalue weighted by Gasteiger charge is -1.99. The van der Waals surface area contributed by atoms with Crippen molar-refractivity contribution < 1.29 is 4.52 Å². The quantitative estimate of drug-likeness (QED) is 0.810. The summed E-state index contributed by atoms with van der Waals surface area (Å²) in [6.07, 6.45) is 6.50. The highest BCUT2D eigenvalue weighted by Gasteiger charge is 2.19. The van der Waals surface area contributed by atoms with Crippen LogP contribution in [0.4, 0.5) is 0 Å². The average molecular weight is 264 g/mol. The number of hydrogen-bond acceptors (Lipinski definition) is 6. The van der Waals surface area contributed by atoms with Crippen LogP contribution >= 0.6 is 11.3 Å². The zero-order valence-corrected chi connectivity index (χ0v) is 11.2. The summed E-state index contributed by atoms with van der Waals surface area (Å²) in [6, 6.07) is 0.787. The van der Waals surface area contributed by atoms with Crippen molar-refractivity contribution in [2.45, 2.75) is 38.6 Å². The van der Waals surface area contributed by atoms with Crippen LogP contribution in [0.1, 0.15) is 30.0 Å². The molecular weight excluding hydrogens is 248 g/mol. The lowest BCUT2D eigenvalue weighted by Crippen LogP contribution is -2.17. The molecule has 18 heavy (non-hydrogen) atoms. The van der Waals surface area contributed by atoms with E-state index in [1.807, 2.05) is 6.92 Å². The van der Waals surface area contributed by atoms with Crippen LogP contribution in [0.2, 0.25) is 0 Å². The van der Waals surface area contributed by atoms with E-state index < -0.39 is 0 Å². The Morgan fingerprint density at radius 2 is 2.33 bits per heavy atom. The smallest absolute Gasteiger partial charge is 0.152 e. The molecule has 1 saturated carbocycles. The summed E-state index contributed by atoms with van der Waals surface area (Å²) in [7, 11) is 0. The van der Waals surface area contributed by atoms with Crippen molar-refractivity contribution in [1.82, 2.24) is 20.7 Å². The number of aryl methyl sites for hydroxylation is 2. The highest BCUT2D eigenvalue weighted by molar-refractivity contribution is 7.14. The molecule has 0 unspecified atom stereocenters. The van der Waals surface area contributed by atoms with Crippen LogP contribution in [0, 0.1) is 6.92 Å². The standard InChI is InChI=1S/C12H16N4OS/c1-8-10(7-14-17-8)12-16-15-11(18-12)3-2-6-13-9-4-5-9/h7,9,13H,2-6H2,1H3. The van der Waals surface area contributed by atoms with Crippen LogP contribution in [0.15, 0.2) is 10.7 Å². The van der Waals surface area contributed by atoms with E-state index in [-0.39, 0.29) is 0 Å². The Bertz CT molecular complexity index is 518. The predicted molar refractivity (Wildman–Crippen MR) is 69.5 cm³/mol. The van der Waals surface area contributed by atoms with Crippen LogP contribution in [-0.2, 0) is 6.42 Å². The third-order valence-electron chi connectivity index (χ3n) is 3.03. The van der Waals surface area contributed by atoms with Crippen LogP contribution in [0.25, 0.3) is 10.6 Å². The Morgan fingerprint density at radius 3 is 3.06 bits per heavy atom. The summed E-state index contributed by atoms with van der Waals surface area (Å²) in [5, 5.41) is 17.7. The summed E-state index contributed by atoms with van der Waals surface area (Å²) in [4.78, 5) is 0. The fourth-order valence-electron chi connectivity index (χ4n) is 1.80. The summed E-state index contributed by atoms with van der Waals surface area (Å²) >= 11 is 1.63. The van der Waals surface area contributed by atoms with Crippen molar-refractivity contribution >= 4 is 11.3 Å². The first-order valence-electron chi connectivity index (χ1n) is 6.30. The van der Waals surface area contributed by atoms with Gasteiger partial charge in [-0.05, 0) is 32.7 Å². The van der Waals surface area contributed by atoms with Crippen molar-refractivity contribution in [1.29, 1.82) is 0 Å². The number of rotatable bonds is 6. The number of nitrogens with zero attached hydrogens (tertiary/aromatic N) is 3. The molecule has 6 heteroatoms. The second kappa shape index (κ2) is 5.16. The maximum absolute atomic E-state index is 5.04. The van der Waals surface area contributed by atoms with Crippen LogP contribution in [-0.4, -0.2) is 27.9 Å². The van der Waals surface area contributed by atoms with Gasteiger partial charge in [0.25, 0.3) is 0 Å². The summed E-state index contributed by atoms with van der Waals surface area (Å²) in [6.45, 7) is 2.97. The lowest BCUT2D eigenvalue weighted by molar-refractivity contribution is 0.398. The first-order valence-corrected chi connectivity index (χ1v) is 7.12. The minimum absolute atomic E-state index is 0.787. The van der Waals surface area contributed by atoms with Crippen molar-refractivity contribution in [2.75, 3.05) is 6.54 Å². The molecule has 2 heterocycles. The summed E-state index contributed by atoms with van der Waals surface area (Å²) < 4.78 is 5.04. The molecule has 96 valence electrons. The molecule has 0 spiro atoms. The molecule has 1 N–H and O–H groups in total. The van der Waals surface area contributed by atoms with E-state index >= 15 is 0 Å². The van der Waals surface area contributed by atoms with E-state index in [9.17, 15) is 0 Å². The van der Waals surface area contributed by atoms with Crippen molar-refractivity contribution in [3.63, 3.8) is 0 Å². The van der Waals surface area contributed by atoms with E-state index in [1.165, 1.54) is 12.8 Å². The Kier molecular flexibility index (Phi) is 3.38. The van der Waals surface area contributed by atoms with E-state index in [0.717, 1.165) is 46.8 Å².